The molecule has 1 saturated heterocycles. The Kier molecular flexibility index (Phi) is 7.29. The maximum Gasteiger partial charge on any atom is 0.125 e. The smallest absolute Gasteiger partial charge is 0.125 e. The molecule has 0 radical (unpaired) electrons. The summed E-state index contributed by atoms with van der Waals surface area (Å²) >= 11 is 6.93. The fourth-order valence-corrected chi connectivity index (χ4v) is 5.90. The summed E-state index contributed by atoms with van der Waals surface area (Å²) in [5, 5.41) is 1.88. The number of hydrogen-bond acceptors (Lipinski definition) is 5. The molecule has 3 aromatic rings. The Morgan fingerprint density at radius 2 is 1.86 bits per heavy atom. The summed E-state index contributed by atoms with van der Waals surface area (Å²) in [5.41, 5.74) is 7.78. The van der Waals surface area contributed by atoms with E-state index in [1.807, 2.05) is 19.2 Å². The highest BCUT2D eigenvalue weighted by Crippen LogP contribution is 2.38. The first-order valence-corrected chi connectivity index (χ1v) is 13.6. The van der Waals surface area contributed by atoms with E-state index in [2.05, 4.69) is 58.0 Å². The van der Waals surface area contributed by atoms with Crippen LogP contribution in [0.25, 0.3) is 16.6 Å². The van der Waals surface area contributed by atoms with Gasteiger partial charge in [0.05, 0.1) is 10.5 Å². The van der Waals surface area contributed by atoms with Gasteiger partial charge in [0.2, 0.25) is 0 Å². The topological polar surface area (TPSA) is 45.2 Å². The highest BCUT2D eigenvalue weighted by atomic mass is 35.5. The van der Waals surface area contributed by atoms with Crippen molar-refractivity contribution in [2.24, 2.45) is 0 Å². The van der Waals surface area contributed by atoms with Crippen molar-refractivity contribution in [1.82, 2.24) is 24.8 Å². The van der Waals surface area contributed by atoms with Gasteiger partial charge in [-0.15, -0.1) is 0 Å². The van der Waals surface area contributed by atoms with E-state index >= 15 is 0 Å². The number of hydrogen-bond donors (Lipinski definition) is 0. The lowest BCUT2D eigenvalue weighted by atomic mass is 9.84. The van der Waals surface area contributed by atoms with Gasteiger partial charge in [-0.3, -0.25) is 4.98 Å². The standard InChI is InChI=1S/C30H36ClN5/c1-5-6-7-20(2)35-14-16-36(17-15-35)21(3)23-8-10-25-28(18-23)34-29-19-24(9-11-26(29)30(25)31)27-12-13-32-22(4)33-27/h8,10,12-13,18,24H,2-3,5-7,9,11,14-17,19H2,1,4H3. The minimum atomic E-state index is 0.349. The summed E-state index contributed by atoms with van der Waals surface area (Å²) < 4.78 is 0. The van der Waals surface area contributed by atoms with Crippen molar-refractivity contribution in [3.8, 4) is 0 Å². The van der Waals surface area contributed by atoms with Gasteiger partial charge in [0, 0.05) is 66.5 Å². The number of fused-ring (bicyclic) bond motifs is 2. The molecule has 1 aliphatic heterocycles. The van der Waals surface area contributed by atoms with Crippen LogP contribution < -0.4 is 0 Å². The maximum absolute atomic E-state index is 6.93. The second-order valence-electron chi connectivity index (χ2n) is 10.1. The van der Waals surface area contributed by atoms with E-state index in [9.17, 15) is 0 Å². The zero-order valence-electron chi connectivity index (χ0n) is 21.6. The first-order chi connectivity index (χ1) is 17.4. The minimum absolute atomic E-state index is 0.349. The molecule has 1 aromatic carbocycles. The molecule has 0 N–H and O–H groups in total. The third-order valence-corrected chi connectivity index (χ3v) is 8.19. The van der Waals surface area contributed by atoms with Crippen LogP contribution in [-0.2, 0) is 12.8 Å². The fraction of sp³-hybridized carbons (Fsp3) is 0.433. The van der Waals surface area contributed by atoms with Gasteiger partial charge in [-0.05, 0) is 62.3 Å². The predicted octanol–water partition coefficient (Wildman–Crippen LogP) is 6.55. The van der Waals surface area contributed by atoms with Crippen molar-refractivity contribution in [2.75, 3.05) is 26.2 Å². The summed E-state index contributed by atoms with van der Waals surface area (Å²) in [5.74, 6) is 1.17. The van der Waals surface area contributed by atoms with Gasteiger partial charge in [0.25, 0.3) is 0 Å². The number of allylic oxidation sites excluding steroid dienone is 1. The second kappa shape index (κ2) is 10.6. The van der Waals surface area contributed by atoms with Crippen molar-refractivity contribution in [3.05, 3.63) is 82.7 Å². The van der Waals surface area contributed by atoms with Gasteiger partial charge in [-0.25, -0.2) is 9.97 Å². The number of halogens is 1. The molecular weight excluding hydrogens is 466 g/mol. The van der Waals surface area contributed by atoms with Gasteiger partial charge < -0.3 is 9.80 Å². The lowest BCUT2D eigenvalue weighted by molar-refractivity contribution is 0.209. The van der Waals surface area contributed by atoms with E-state index < -0.39 is 0 Å². The Morgan fingerprint density at radius 1 is 1.08 bits per heavy atom. The molecule has 6 heteroatoms. The number of piperazine rings is 1. The van der Waals surface area contributed by atoms with Gasteiger partial charge in [-0.2, -0.15) is 0 Å². The lowest BCUT2D eigenvalue weighted by Gasteiger charge is -2.39. The zero-order valence-corrected chi connectivity index (χ0v) is 22.3. The molecule has 1 unspecified atom stereocenters. The van der Waals surface area contributed by atoms with E-state index in [1.54, 1.807) is 0 Å². The first kappa shape index (κ1) is 24.8. The van der Waals surface area contributed by atoms with Crippen molar-refractivity contribution in [3.63, 3.8) is 0 Å². The van der Waals surface area contributed by atoms with E-state index in [0.29, 0.717) is 5.92 Å². The zero-order chi connectivity index (χ0) is 25.2. The van der Waals surface area contributed by atoms with Crippen LogP contribution in [0.3, 0.4) is 0 Å². The number of pyridine rings is 1. The van der Waals surface area contributed by atoms with Crippen LogP contribution in [0.15, 0.2) is 49.3 Å². The van der Waals surface area contributed by atoms with Crippen LogP contribution in [0.2, 0.25) is 5.02 Å². The van der Waals surface area contributed by atoms with Crippen molar-refractivity contribution in [1.29, 1.82) is 0 Å². The average molecular weight is 502 g/mol. The summed E-state index contributed by atoms with van der Waals surface area (Å²) in [6, 6.07) is 8.46. The summed E-state index contributed by atoms with van der Waals surface area (Å²) in [6.07, 6.45) is 8.18. The molecule has 0 amide bonds. The first-order valence-electron chi connectivity index (χ1n) is 13.2. The van der Waals surface area contributed by atoms with E-state index in [1.165, 1.54) is 24.1 Å². The van der Waals surface area contributed by atoms with E-state index in [0.717, 1.165) is 96.3 Å². The predicted molar refractivity (Wildman–Crippen MR) is 149 cm³/mol. The largest absolute Gasteiger partial charge is 0.372 e. The van der Waals surface area contributed by atoms with Crippen LogP contribution in [0, 0.1) is 6.92 Å². The molecule has 2 aromatic heterocycles. The van der Waals surface area contributed by atoms with Crippen LogP contribution in [0.4, 0.5) is 0 Å². The molecule has 1 aliphatic carbocycles. The molecule has 0 spiro atoms. The fourth-order valence-electron chi connectivity index (χ4n) is 5.54. The number of rotatable bonds is 7. The third kappa shape index (κ3) is 4.99. The van der Waals surface area contributed by atoms with Crippen LogP contribution in [-0.4, -0.2) is 50.9 Å². The number of aromatic nitrogens is 3. The summed E-state index contributed by atoms with van der Waals surface area (Å²) in [7, 11) is 0. The second-order valence-corrected chi connectivity index (χ2v) is 10.5. The molecule has 5 nitrogen and oxygen atoms in total. The molecule has 0 saturated carbocycles. The van der Waals surface area contributed by atoms with Crippen molar-refractivity contribution >= 4 is 28.2 Å². The van der Waals surface area contributed by atoms with Gasteiger partial charge in [0.15, 0.2) is 0 Å². The Morgan fingerprint density at radius 3 is 2.61 bits per heavy atom. The molecule has 1 fully saturated rings. The molecule has 0 bridgehead atoms. The summed E-state index contributed by atoms with van der Waals surface area (Å²) in [6.45, 7) is 16.8. The quantitative estimate of drug-likeness (QED) is 0.367. The third-order valence-electron chi connectivity index (χ3n) is 7.76. The molecular formula is C30H36ClN5. The molecule has 36 heavy (non-hydrogen) atoms. The van der Waals surface area contributed by atoms with E-state index in [4.69, 9.17) is 16.6 Å². The number of aryl methyl sites for hydroxylation is 1. The van der Waals surface area contributed by atoms with Crippen LogP contribution >= 0.6 is 11.6 Å². The highest BCUT2D eigenvalue weighted by Gasteiger charge is 2.26. The Hall–Kier alpha value is -2.92. The normalized spacial score (nSPS) is 17.8. The number of benzene rings is 1. The molecule has 188 valence electrons. The number of nitrogens with zero attached hydrogens (tertiary/aromatic N) is 5. The monoisotopic (exact) mass is 501 g/mol. The van der Waals surface area contributed by atoms with Gasteiger partial charge in [-0.1, -0.05) is 50.2 Å². The number of unbranched alkanes of at least 4 members (excludes halogenated alkanes) is 1. The highest BCUT2D eigenvalue weighted by molar-refractivity contribution is 6.36. The maximum atomic E-state index is 6.93. The molecule has 3 heterocycles. The Balaban J connectivity index is 1.34. The van der Waals surface area contributed by atoms with Crippen LogP contribution in [0.1, 0.15) is 66.9 Å². The molecule has 1 atom stereocenters. The Labute approximate surface area is 219 Å². The van der Waals surface area contributed by atoms with Crippen molar-refractivity contribution < 1.29 is 0 Å². The van der Waals surface area contributed by atoms with Gasteiger partial charge >= 0.3 is 0 Å². The van der Waals surface area contributed by atoms with Crippen LogP contribution in [0.5, 0.6) is 0 Å². The molecule has 2 aliphatic rings. The van der Waals surface area contributed by atoms with E-state index in [-0.39, 0.29) is 0 Å². The lowest BCUT2D eigenvalue weighted by Crippen LogP contribution is -2.44. The average Bonchev–Trinajstić information content (AvgIpc) is 2.91. The SMILES string of the molecule is C=C(CCCC)N1CCN(C(=C)c2ccc3c(Cl)c4c(nc3c2)CC(c2ccnc(C)n2)CC4)CC1. The Bertz CT molecular complexity index is 1290. The summed E-state index contributed by atoms with van der Waals surface area (Å²) in [4.78, 5) is 18.9. The van der Waals surface area contributed by atoms with Crippen molar-refractivity contribution in [2.45, 2.75) is 58.3 Å². The minimum Gasteiger partial charge on any atom is -0.372 e. The van der Waals surface area contributed by atoms with Gasteiger partial charge in [0.1, 0.15) is 5.82 Å². The molecule has 5 rings (SSSR count).